The smallest absolute Gasteiger partial charge is 0.306 e. The topological polar surface area (TPSA) is 180 Å². The van der Waals surface area contributed by atoms with Gasteiger partial charge in [-0.3, -0.25) is 9.59 Å². The highest BCUT2D eigenvalue weighted by atomic mass is 16.7. The number of rotatable bonds is 10. The summed E-state index contributed by atoms with van der Waals surface area (Å²) in [6, 6.07) is -0.490. The van der Waals surface area contributed by atoms with Crippen LogP contribution in [0.2, 0.25) is 0 Å². The normalized spacial score (nSPS) is 46.1. The Hall–Kier alpha value is -2.17. The third-order valence-electron chi connectivity index (χ3n) is 14.0. The van der Waals surface area contributed by atoms with Crippen molar-refractivity contribution in [3.8, 4) is 0 Å². The Bertz CT molecular complexity index is 1440. The fourth-order valence-corrected chi connectivity index (χ4v) is 11.2. The maximum Gasteiger partial charge on any atom is 0.306 e. The molecule has 3 saturated heterocycles. The first-order chi connectivity index (χ1) is 26.8. The minimum Gasteiger partial charge on any atom is -0.462 e. The number of carbonyl (C=O) groups excluding carboxylic acids is 2. The van der Waals surface area contributed by atoms with Gasteiger partial charge in [0.25, 0.3) is 0 Å². The van der Waals surface area contributed by atoms with Gasteiger partial charge in [0.1, 0.15) is 24.4 Å². The summed E-state index contributed by atoms with van der Waals surface area (Å²) in [6.45, 7) is 7.90. The van der Waals surface area contributed by atoms with Crippen molar-refractivity contribution >= 4 is 11.8 Å². The molecule has 3 heterocycles. The van der Waals surface area contributed by atoms with E-state index in [2.05, 4.69) is 35.9 Å². The summed E-state index contributed by atoms with van der Waals surface area (Å²) < 4.78 is 49.4. The van der Waals surface area contributed by atoms with Gasteiger partial charge in [-0.1, -0.05) is 25.0 Å². The number of ether oxygens (including phenoxy) is 8. The molecule has 5 fully saturated rings. The molecule has 15 heteroatoms. The van der Waals surface area contributed by atoms with E-state index < -0.39 is 60.8 Å². The van der Waals surface area contributed by atoms with Crippen molar-refractivity contribution in [2.24, 2.45) is 40.6 Å². The van der Waals surface area contributed by atoms with Crippen LogP contribution in [-0.4, -0.2) is 137 Å². The van der Waals surface area contributed by atoms with Crippen LogP contribution in [0, 0.1) is 35.5 Å². The molecule has 1 N–H and O–H groups in total. The van der Waals surface area contributed by atoms with Crippen LogP contribution < -0.4 is 0 Å². The Balaban J connectivity index is 1.28. The van der Waals surface area contributed by atoms with Crippen molar-refractivity contribution < 1.29 is 52.6 Å². The van der Waals surface area contributed by atoms with E-state index in [1.54, 1.807) is 21.3 Å². The summed E-state index contributed by atoms with van der Waals surface area (Å²) in [5, 5.41) is 16.3. The number of cyclic esters (lactones) is 1. The quantitative estimate of drug-likeness (QED) is 0.136. The standard InChI is InChI=1S/C41H66N4O11/c1-10-23-12-11-13-31(56-33-15-14-30(45(5)6)21(3)52-33)20(2)36(47)29-18-26-25-16-24(55-41-40(51-9)39(50-8)38(49-7)22(4)53-41)17-28(25)35(43-44-42)37(48)34(26)27(29)19-32(46)54-23/h18,20-28,30-31,33-35,37-41,48H,10-17,19H2,1-9H3/t20-,21?,22?,23+,24+,25+,26+,27-,28-,30+,31+,33+,34-,35?,37?,38+,39?,40+,41+/m1/s1. The van der Waals surface area contributed by atoms with E-state index in [-0.39, 0.29) is 72.5 Å². The van der Waals surface area contributed by atoms with Gasteiger partial charge in [-0.25, -0.2) is 0 Å². The second kappa shape index (κ2) is 18.8. The summed E-state index contributed by atoms with van der Waals surface area (Å²) in [6.07, 6.45) is 2.37. The highest BCUT2D eigenvalue weighted by Gasteiger charge is 2.59. The number of likely N-dealkylation sites (N-methyl/N-ethyl adjacent to an activating group) is 1. The average Bonchev–Trinajstić information content (AvgIpc) is 3.76. The Morgan fingerprint density at radius 2 is 1.64 bits per heavy atom. The summed E-state index contributed by atoms with van der Waals surface area (Å²) in [5.41, 5.74) is 10.3. The maximum absolute atomic E-state index is 14.8. The number of esters is 1. The average molecular weight is 791 g/mol. The predicted molar refractivity (Wildman–Crippen MR) is 204 cm³/mol. The Morgan fingerprint density at radius 3 is 2.29 bits per heavy atom. The van der Waals surface area contributed by atoms with Crippen LogP contribution in [0.1, 0.15) is 85.5 Å². The van der Waals surface area contributed by atoms with E-state index in [0.29, 0.717) is 37.7 Å². The number of carbonyl (C=O) groups is 2. The van der Waals surface area contributed by atoms with Crippen molar-refractivity contribution in [1.29, 1.82) is 0 Å². The highest BCUT2D eigenvalue weighted by Crippen LogP contribution is 2.57. The van der Waals surface area contributed by atoms with Crippen molar-refractivity contribution in [2.75, 3.05) is 35.4 Å². The molecule has 15 nitrogen and oxygen atoms in total. The van der Waals surface area contributed by atoms with Crippen molar-refractivity contribution in [2.45, 2.75) is 165 Å². The lowest BCUT2D eigenvalue weighted by Crippen LogP contribution is -2.59. The Kier molecular flexibility index (Phi) is 14.6. The number of fused-ring (bicyclic) bond motifs is 5. The summed E-state index contributed by atoms with van der Waals surface area (Å²) in [5.74, 6) is -2.73. The number of azide groups is 1. The molecular weight excluding hydrogens is 724 g/mol. The van der Waals surface area contributed by atoms with Crippen LogP contribution in [0.15, 0.2) is 16.8 Å². The molecule has 316 valence electrons. The van der Waals surface area contributed by atoms with E-state index in [1.807, 2.05) is 26.8 Å². The molecule has 3 aliphatic heterocycles. The number of allylic oxidation sites excluding steroid dienone is 2. The maximum atomic E-state index is 14.8. The third-order valence-corrected chi connectivity index (χ3v) is 14.0. The number of methoxy groups -OCH3 is 3. The summed E-state index contributed by atoms with van der Waals surface area (Å²) in [4.78, 5) is 33.9. The number of aliphatic hydroxyl groups excluding tert-OH is 1. The first-order valence-electron chi connectivity index (χ1n) is 20.9. The van der Waals surface area contributed by atoms with Gasteiger partial charge in [0.05, 0.1) is 43.0 Å². The fraction of sp³-hybridized carbons (Fsp3) is 0.902. The van der Waals surface area contributed by atoms with Gasteiger partial charge in [-0.05, 0) is 114 Å². The van der Waals surface area contributed by atoms with E-state index in [4.69, 9.17) is 37.9 Å². The lowest BCUT2D eigenvalue weighted by Gasteiger charge is -2.45. The van der Waals surface area contributed by atoms with Gasteiger partial charge in [0, 0.05) is 44.1 Å². The van der Waals surface area contributed by atoms with Crippen LogP contribution in [0.4, 0.5) is 0 Å². The SMILES string of the molecule is CC[C@H]1CCC[C@H](O[C@H]2CC[C@H](N(C)C)C(C)O2)[C@@H](C)C(=O)C2=C[C@H]3[C@@H]4C[C@H](O[C@@H]5OC(C)[C@H](OC)C(OC)[C@@H]5OC)C[C@H]4C(N=[N+]=[N-])C(O)[C@H]3[C@@H]2CC(=O)O1. The first-order valence-corrected chi connectivity index (χ1v) is 20.9. The number of aliphatic hydroxyl groups is 1. The van der Waals surface area contributed by atoms with Crippen molar-refractivity contribution in [3.63, 3.8) is 0 Å². The van der Waals surface area contributed by atoms with Gasteiger partial charge in [0.2, 0.25) is 0 Å². The summed E-state index contributed by atoms with van der Waals surface area (Å²) >= 11 is 0. The van der Waals surface area contributed by atoms with Crippen LogP contribution in [0.3, 0.4) is 0 Å². The zero-order valence-electron chi connectivity index (χ0n) is 34.7. The molecule has 5 unspecified atom stereocenters. The van der Waals surface area contributed by atoms with Gasteiger partial charge in [0.15, 0.2) is 18.4 Å². The van der Waals surface area contributed by atoms with E-state index in [0.717, 1.165) is 19.3 Å². The van der Waals surface area contributed by atoms with Crippen molar-refractivity contribution in [1.82, 2.24) is 4.90 Å². The molecule has 0 amide bonds. The second-order valence-corrected chi connectivity index (χ2v) is 17.3. The zero-order chi connectivity index (χ0) is 40.4. The molecule has 3 aliphatic carbocycles. The summed E-state index contributed by atoms with van der Waals surface area (Å²) in [7, 11) is 8.92. The number of ketones is 1. The number of hydrogen-bond donors (Lipinski definition) is 1. The molecular formula is C41H66N4O11. The Morgan fingerprint density at radius 1 is 0.929 bits per heavy atom. The molecule has 19 atom stereocenters. The Labute approximate surface area is 332 Å². The monoisotopic (exact) mass is 790 g/mol. The predicted octanol–water partition coefficient (Wildman–Crippen LogP) is 4.97. The molecule has 0 bridgehead atoms. The molecule has 0 aromatic heterocycles. The molecule has 2 saturated carbocycles. The lowest BCUT2D eigenvalue weighted by atomic mass is 9.63. The van der Waals surface area contributed by atoms with E-state index >= 15 is 0 Å². The molecule has 0 aromatic carbocycles. The molecule has 0 spiro atoms. The first kappa shape index (κ1) is 43.4. The molecule has 0 aromatic rings. The van der Waals surface area contributed by atoms with Crippen molar-refractivity contribution in [3.05, 3.63) is 22.1 Å². The molecule has 6 rings (SSSR count). The number of nitrogens with zero attached hydrogens (tertiary/aromatic N) is 4. The second-order valence-electron chi connectivity index (χ2n) is 17.3. The van der Waals surface area contributed by atoms with E-state index in [9.17, 15) is 20.2 Å². The van der Waals surface area contributed by atoms with Crippen LogP contribution >= 0.6 is 0 Å². The zero-order valence-corrected chi connectivity index (χ0v) is 34.7. The van der Waals surface area contributed by atoms with Gasteiger partial charge < -0.3 is 47.9 Å². The largest absolute Gasteiger partial charge is 0.462 e. The number of hydrogen-bond acceptors (Lipinski definition) is 13. The number of Topliss-reactive ketones (excluding diaryl/α,β-unsaturated/α-hetero) is 1. The van der Waals surface area contributed by atoms with Gasteiger partial charge in [-0.15, -0.1) is 0 Å². The van der Waals surface area contributed by atoms with Gasteiger partial charge >= 0.3 is 5.97 Å². The van der Waals surface area contributed by atoms with Crippen LogP contribution in [0.25, 0.3) is 10.4 Å². The van der Waals surface area contributed by atoms with Crippen LogP contribution in [-0.2, 0) is 47.5 Å². The highest BCUT2D eigenvalue weighted by molar-refractivity contribution is 5.99. The fourth-order valence-electron chi connectivity index (χ4n) is 11.2. The molecule has 6 aliphatic rings. The lowest BCUT2D eigenvalue weighted by molar-refractivity contribution is -0.314. The van der Waals surface area contributed by atoms with Gasteiger partial charge in [-0.2, -0.15) is 0 Å². The van der Waals surface area contributed by atoms with Crippen LogP contribution in [0.5, 0.6) is 0 Å². The molecule has 0 radical (unpaired) electrons. The third kappa shape index (κ3) is 8.73. The molecule has 56 heavy (non-hydrogen) atoms. The minimum atomic E-state index is -1.09. The van der Waals surface area contributed by atoms with E-state index in [1.165, 1.54) is 0 Å². The minimum absolute atomic E-state index is 0.0234.